The summed E-state index contributed by atoms with van der Waals surface area (Å²) in [5.41, 5.74) is 2.50. The number of aromatic nitrogens is 1. The lowest BCUT2D eigenvalue weighted by molar-refractivity contribution is 0.415. The van der Waals surface area contributed by atoms with Crippen molar-refractivity contribution in [1.29, 1.82) is 0 Å². The zero-order chi connectivity index (χ0) is 15.2. The van der Waals surface area contributed by atoms with E-state index < -0.39 is 0 Å². The highest BCUT2D eigenvalue weighted by Gasteiger charge is 2.05. The number of benzene rings is 1. The summed E-state index contributed by atoms with van der Waals surface area (Å²) in [5, 5.41) is 3.33. The lowest BCUT2D eigenvalue weighted by atomic mass is 10.1. The zero-order valence-corrected chi connectivity index (χ0v) is 12.8. The monoisotopic (exact) mass is 286 g/mol. The molecule has 0 aliphatic heterocycles. The maximum absolute atomic E-state index is 12.1. The summed E-state index contributed by atoms with van der Waals surface area (Å²) in [6, 6.07) is 11.9. The van der Waals surface area contributed by atoms with E-state index in [1.165, 1.54) is 0 Å². The van der Waals surface area contributed by atoms with E-state index in [4.69, 9.17) is 4.74 Å². The Balaban J connectivity index is 2.16. The van der Waals surface area contributed by atoms with Gasteiger partial charge in [-0.3, -0.25) is 4.79 Å². The number of nitrogens with one attached hydrogen (secondary N) is 2. The fraction of sp³-hybridized carbons (Fsp3) is 0.353. The first-order chi connectivity index (χ1) is 10.1. The van der Waals surface area contributed by atoms with Crippen LogP contribution in [-0.4, -0.2) is 18.1 Å². The fourth-order valence-electron chi connectivity index (χ4n) is 2.01. The predicted molar refractivity (Wildman–Crippen MR) is 85.6 cm³/mol. The van der Waals surface area contributed by atoms with Gasteiger partial charge in [-0.15, -0.1) is 0 Å². The van der Waals surface area contributed by atoms with Crippen LogP contribution in [0, 0.1) is 0 Å². The van der Waals surface area contributed by atoms with Crippen molar-refractivity contribution in [2.75, 3.05) is 7.11 Å². The van der Waals surface area contributed by atoms with Crippen LogP contribution in [0.25, 0.3) is 11.3 Å². The Bertz CT molecular complexity index is 632. The molecular weight excluding hydrogens is 264 g/mol. The summed E-state index contributed by atoms with van der Waals surface area (Å²) in [5.74, 6) is 0.801. The number of ether oxygens (including phenoxy) is 1. The van der Waals surface area contributed by atoms with Gasteiger partial charge >= 0.3 is 0 Å². The second-order valence-electron chi connectivity index (χ2n) is 5.15. The number of hydrogen-bond donors (Lipinski definition) is 2. The van der Waals surface area contributed by atoms with Gasteiger partial charge in [0.25, 0.3) is 5.56 Å². The molecule has 0 amide bonds. The topological polar surface area (TPSA) is 54.1 Å². The van der Waals surface area contributed by atoms with E-state index in [2.05, 4.69) is 24.1 Å². The molecule has 0 spiro atoms. The Labute approximate surface area is 125 Å². The molecule has 0 radical (unpaired) electrons. The third kappa shape index (κ3) is 3.95. The van der Waals surface area contributed by atoms with Crippen LogP contribution in [0.15, 0.2) is 41.2 Å². The largest absolute Gasteiger partial charge is 0.497 e. The molecule has 0 saturated heterocycles. The van der Waals surface area contributed by atoms with E-state index in [0.717, 1.165) is 29.0 Å². The molecule has 1 aromatic heterocycles. The first-order valence-electron chi connectivity index (χ1n) is 7.24. The number of pyridine rings is 1. The number of rotatable bonds is 6. The van der Waals surface area contributed by atoms with Gasteiger partial charge in [-0.25, -0.2) is 0 Å². The third-order valence-corrected chi connectivity index (χ3v) is 3.65. The van der Waals surface area contributed by atoms with E-state index in [-0.39, 0.29) is 5.56 Å². The van der Waals surface area contributed by atoms with Crippen molar-refractivity contribution in [3.05, 3.63) is 52.3 Å². The molecule has 0 bridgehead atoms. The lowest BCUT2D eigenvalue weighted by Crippen LogP contribution is -2.28. The Morgan fingerprint density at radius 3 is 2.48 bits per heavy atom. The quantitative estimate of drug-likeness (QED) is 0.858. The van der Waals surface area contributed by atoms with E-state index >= 15 is 0 Å². The van der Waals surface area contributed by atoms with Gasteiger partial charge in [-0.05, 0) is 49.2 Å². The number of aromatic amines is 1. The van der Waals surface area contributed by atoms with Crippen LogP contribution in [-0.2, 0) is 6.54 Å². The first kappa shape index (κ1) is 15.3. The van der Waals surface area contributed by atoms with Gasteiger partial charge in [0.2, 0.25) is 0 Å². The van der Waals surface area contributed by atoms with Crippen molar-refractivity contribution >= 4 is 0 Å². The summed E-state index contributed by atoms with van der Waals surface area (Å²) in [6.07, 6.45) is 1.04. The lowest BCUT2D eigenvalue weighted by Gasteiger charge is -2.11. The van der Waals surface area contributed by atoms with Crippen LogP contribution in [0.2, 0.25) is 0 Å². The molecule has 2 N–H and O–H groups in total. The highest BCUT2D eigenvalue weighted by atomic mass is 16.5. The van der Waals surface area contributed by atoms with Crippen LogP contribution in [0.3, 0.4) is 0 Å². The van der Waals surface area contributed by atoms with Gasteiger partial charge in [-0.1, -0.05) is 13.0 Å². The molecule has 21 heavy (non-hydrogen) atoms. The number of methoxy groups -OCH3 is 1. The molecule has 0 fully saturated rings. The maximum Gasteiger partial charge on any atom is 0.252 e. The summed E-state index contributed by atoms with van der Waals surface area (Å²) in [7, 11) is 1.63. The smallest absolute Gasteiger partial charge is 0.252 e. The van der Waals surface area contributed by atoms with Crippen LogP contribution >= 0.6 is 0 Å². The average Bonchev–Trinajstić information content (AvgIpc) is 2.53. The SMILES string of the molecule is CCC(C)NCc1ccc(-c2ccc(OC)cc2)[nH]c1=O. The van der Waals surface area contributed by atoms with Gasteiger partial charge in [-0.2, -0.15) is 0 Å². The van der Waals surface area contributed by atoms with Gasteiger partial charge in [0.15, 0.2) is 0 Å². The van der Waals surface area contributed by atoms with Gasteiger partial charge < -0.3 is 15.0 Å². The van der Waals surface area contributed by atoms with E-state index in [0.29, 0.717) is 12.6 Å². The fourth-order valence-corrected chi connectivity index (χ4v) is 2.01. The molecular formula is C17H22N2O2. The van der Waals surface area contributed by atoms with Crippen LogP contribution in [0.5, 0.6) is 5.75 Å². The summed E-state index contributed by atoms with van der Waals surface area (Å²) in [6.45, 7) is 4.82. The Morgan fingerprint density at radius 1 is 1.19 bits per heavy atom. The third-order valence-electron chi connectivity index (χ3n) is 3.65. The van der Waals surface area contributed by atoms with Crippen molar-refractivity contribution in [2.24, 2.45) is 0 Å². The molecule has 4 nitrogen and oxygen atoms in total. The maximum atomic E-state index is 12.1. The van der Waals surface area contributed by atoms with Crippen LogP contribution < -0.4 is 15.6 Å². The van der Waals surface area contributed by atoms with Crippen molar-refractivity contribution < 1.29 is 4.74 Å². The van der Waals surface area contributed by atoms with Gasteiger partial charge in [0, 0.05) is 23.8 Å². The predicted octanol–water partition coefficient (Wildman–Crippen LogP) is 2.94. The van der Waals surface area contributed by atoms with Gasteiger partial charge in [0.05, 0.1) is 7.11 Å². The Kier molecular flexibility index (Phi) is 5.17. The molecule has 1 unspecified atom stereocenters. The molecule has 0 aliphatic carbocycles. The van der Waals surface area contributed by atoms with E-state index in [1.54, 1.807) is 7.11 Å². The van der Waals surface area contributed by atoms with Crippen molar-refractivity contribution in [3.63, 3.8) is 0 Å². The second-order valence-corrected chi connectivity index (χ2v) is 5.15. The normalized spacial score (nSPS) is 12.1. The minimum Gasteiger partial charge on any atom is -0.497 e. The second kappa shape index (κ2) is 7.09. The van der Waals surface area contributed by atoms with Gasteiger partial charge in [0.1, 0.15) is 5.75 Å². The number of hydrogen-bond acceptors (Lipinski definition) is 3. The molecule has 0 aliphatic rings. The summed E-state index contributed by atoms with van der Waals surface area (Å²) >= 11 is 0. The van der Waals surface area contributed by atoms with Crippen molar-refractivity contribution in [1.82, 2.24) is 10.3 Å². The van der Waals surface area contributed by atoms with E-state index in [9.17, 15) is 4.79 Å². The highest BCUT2D eigenvalue weighted by molar-refractivity contribution is 5.60. The average molecular weight is 286 g/mol. The van der Waals surface area contributed by atoms with Crippen LogP contribution in [0.1, 0.15) is 25.8 Å². The Hall–Kier alpha value is -2.07. The van der Waals surface area contributed by atoms with Crippen molar-refractivity contribution in [3.8, 4) is 17.0 Å². The molecule has 0 saturated carbocycles. The molecule has 4 heteroatoms. The zero-order valence-electron chi connectivity index (χ0n) is 12.8. The number of H-pyrrole nitrogens is 1. The Morgan fingerprint density at radius 2 is 1.90 bits per heavy atom. The molecule has 112 valence electrons. The molecule has 1 aromatic carbocycles. The highest BCUT2D eigenvalue weighted by Crippen LogP contribution is 2.19. The summed E-state index contributed by atoms with van der Waals surface area (Å²) < 4.78 is 5.13. The van der Waals surface area contributed by atoms with E-state index in [1.807, 2.05) is 36.4 Å². The summed E-state index contributed by atoms with van der Waals surface area (Å²) in [4.78, 5) is 15.1. The molecule has 2 rings (SSSR count). The molecule has 2 aromatic rings. The minimum atomic E-state index is -0.0425. The standard InChI is InChI=1S/C17H22N2O2/c1-4-12(2)18-11-14-7-10-16(19-17(14)20)13-5-8-15(21-3)9-6-13/h5-10,12,18H,4,11H2,1-3H3,(H,19,20). The molecule has 1 heterocycles. The first-order valence-corrected chi connectivity index (χ1v) is 7.24. The van der Waals surface area contributed by atoms with Crippen LogP contribution in [0.4, 0.5) is 0 Å². The van der Waals surface area contributed by atoms with Crippen molar-refractivity contribution in [2.45, 2.75) is 32.9 Å². The molecule has 1 atom stereocenters. The minimum absolute atomic E-state index is 0.0425.